The summed E-state index contributed by atoms with van der Waals surface area (Å²) < 4.78 is 10.5. The highest BCUT2D eigenvalue weighted by atomic mass is 35.5. The third-order valence-corrected chi connectivity index (χ3v) is 3.06. The van der Waals surface area contributed by atoms with E-state index in [0.717, 1.165) is 18.7 Å². The second kappa shape index (κ2) is 8.22. The van der Waals surface area contributed by atoms with Gasteiger partial charge in [0.15, 0.2) is 11.5 Å². The van der Waals surface area contributed by atoms with Crippen LogP contribution in [0.3, 0.4) is 0 Å². The van der Waals surface area contributed by atoms with Gasteiger partial charge in [-0.25, -0.2) is 0 Å². The zero-order valence-electron chi connectivity index (χ0n) is 11.4. The number of benzene rings is 1. The molecule has 1 N–H and O–H groups in total. The lowest BCUT2D eigenvalue weighted by atomic mass is 10.2. The van der Waals surface area contributed by atoms with E-state index in [4.69, 9.17) is 21.1 Å². The molecule has 0 spiro atoms. The van der Waals surface area contributed by atoms with Gasteiger partial charge < -0.3 is 14.8 Å². The van der Waals surface area contributed by atoms with E-state index in [1.54, 1.807) is 14.2 Å². The van der Waals surface area contributed by atoms with Crippen molar-refractivity contribution < 1.29 is 9.47 Å². The predicted molar refractivity (Wildman–Crippen MR) is 75.8 cm³/mol. The fourth-order valence-electron chi connectivity index (χ4n) is 1.81. The molecule has 0 fully saturated rings. The fourth-order valence-corrected chi connectivity index (χ4v) is 2.12. The molecule has 0 aliphatic rings. The molecule has 0 aliphatic heterocycles. The van der Waals surface area contributed by atoms with Crippen LogP contribution in [-0.4, -0.2) is 20.8 Å². The first kappa shape index (κ1) is 15.1. The molecule has 1 aromatic rings. The largest absolute Gasteiger partial charge is 0.493 e. The molecule has 0 unspecified atom stereocenters. The van der Waals surface area contributed by atoms with E-state index in [0.29, 0.717) is 16.5 Å². The molecule has 0 aromatic heterocycles. The average molecular weight is 272 g/mol. The van der Waals surface area contributed by atoms with Crippen LogP contribution in [0.2, 0.25) is 5.02 Å². The Hall–Kier alpha value is -0.930. The Bertz CT molecular complexity index is 369. The van der Waals surface area contributed by atoms with Gasteiger partial charge in [0.05, 0.1) is 19.2 Å². The molecule has 1 aromatic carbocycles. The van der Waals surface area contributed by atoms with Crippen LogP contribution >= 0.6 is 11.6 Å². The first-order valence-electron chi connectivity index (χ1n) is 6.34. The maximum Gasteiger partial charge on any atom is 0.179 e. The fraction of sp³-hybridized carbons (Fsp3) is 0.571. The highest BCUT2D eigenvalue weighted by molar-refractivity contribution is 6.32. The minimum absolute atomic E-state index is 0.585. The van der Waals surface area contributed by atoms with Crippen molar-refractivity contribution in [2.75, 3.05) is 20.8 Å². The molecule has 0 aliphatic carbocycles. The van der Waals surface area contributed by atoms with E-state index < -0.39 is 0 Å². The maximum absolute atomic E-state index is 6.14. The first-order chi connectivity index (χ1) is 8.72. The van der Waals surface area contributed by atoms with Crippen LogP contribution in [0.1, 0.15) is 31.7 Å². The molecule has 4 heteroatoms. The number of ether oxygens (including phenoxy) is 2. The number of hydrogen-bond donors (Lipinski definition) is 1. The SMILES string of the molecule is CCCCCNCc1cc(Cl)c(OC)c(OC)c1. The molecule has 3 nitrogen and oxygen atoms in total. The van der Waals surface area contributed by atoms with Crippen molar-refractivity contribution in [3.63, 3.8) is 0 Å². The molecule has 0 atom stereocenters. The monoisotopic (exact) mass is 271 g/mol. The number of methoxy groups -OCH3 is 2. The second-order valence-corrected chi connectivity index (χ2v) is 4.60. The summed E-state index contributed by atoms with van der Waals surface area (Å²) in [7, 11) is 3.21. The van der Waals surface area contributed by atoms with Gasteiger partial charge in [0.25, 0.3) is 0 Å². The van der Waals surface area contributed by atoms with Gasteiger partial charge in [0, 0.05) is 6.54 Å². The summed E-state index contributed by atoms with van der Waals surface area (Å²) in [4.78, 5) is 0. The third kappa shape index (κ3) is 4.39. The highest BCUT2D eigenvalue weighted by Gasteiger charge is 2.10. The van der Waals surface area contributed by atoms with E-state index in [9.17, 15) is 0 Å². The van der Waals surface area contributed by atoms with Gasteiger partial charge in [-0.3, -0.25) is 0 Å². The van der Waals surface area contributed by atoms with Gasteiger partial charge in [0.2, 0.25) is 0 Å². The minimum atomic E-state index is 0.585. The lowest BCUT2D eigenvalue weighted by Crippen LogP contribution is -2.14. The van der Waals surface area contributed by atoms with E-state index in [1.165, 1.54) is 19.3 Å². The summed E-state index contributed by atoms with van der Waals surface area (Å²) in [6.45, 7) is 4.03. The Morgan fingerprint density at radius 3 is 2.56 bits per heavy atom. The minimum Gasteiger partial charge on any atom is -0.493 e. The van der Waals surface area contributed by atoms with Crippen molar-refractivity contribution in [3.05, 3.63) is 22.7 Å². The van der Waals surface area contributed by atoms with E-state index in [-0.39, 0.29) is 0 Å². The van der Waals surface area contributed by atoms with Crippen molar-refractivity contribution in [2.45, 2.75) is 32.7 Å². The summed E-state index contributed by atoms with van der Waals surface area (Å²) >= 11 is 6.14. The third-order valence-electron chi connectivity index (χ3n) is 2.78. The zero-order chi connectivity index (χ0) is 13.4. The smallest absolute Gasteiger partial charge is 0.179 e. The molecule has 0 saturated carbocycles. The number of nitrogens with one attached hydrogen (secondary N) is 1. The zero-order valence-corrected chi connectivity index (χ0v) is 12.1. The van der Waals surface area contributed by atoms with Crippen LogP contribution in [0.5, 0.6) is 11.5 Å². The number of rotatable bonds is 8. The van der Waals surface area contributed by atoms with Gasteiger partial charge in [-0.2, -0.15) is 0 Å². The summed E-state index contributed by atoms with van der Waals surface area (Å²) in [6, 6.07) is 3.87. The maximum atomic E-state index is 6.14. The summed E-state index contributed by atoms with van der Waals surface area (Å²) in [5.41, 5.74) is 1.11. The van der Waals surface area contributed by atoms with Gasteiger partial charge in [-0.1, -0.05) is 31.4 Å². The summed E-state index contributed by atoms with van der Waals surface area (Å²) in [6.07, 6.45) is 3.71. The normalized spacial score (nSPS) is 10.4. The van der Waals surface area contributed by atoms with Crippen LogP contribution in [0, 0.1) is 0 Å². The van der Waals surface area contributed by atoms with Gasteiger partial charge in [-0.05, 0) is 30.7 Å². The Morgan fingerprint density at radius 1 is 1.17 bits per heavy atom. The standard InChI is InChI=1S/C14H22ClNO2/c1-4-5-6-7-16-10-11-8-12(15)14(18-3)13(9-11)17-2/h8-9,16H,4-7,10H2,1-3H3. The Balaban J connectivity index is 2.58. The molecule has 0 saturated heterocycles. The van der Waals surface area contributed by atoms with Gasteiger partial charge in [-0.15, -0.1) is 0 Å². The van der Waals surface area contributed by atoms with Crippen LogP contribution in [0.4, 0.5) is 0 Å². The van der Waals surface area contributed by atoms with Crippen LogP contribution in [0.25, 0.3) is 0 Å². The lowest BCUT2D eigenvalue weighted by molar-refractivity contribution is 0.354. The van der Waals surface area contributed by atoms with Crippen LogP contribution in [0.15, 0.2) is 12.1 Å². The van der Waals surface area contributed by atoms with E-state index >= 15 is 0 Å². The predicted octanol–water partition coefficient (Wildman–Crippen LogP) is 3.64. The van der Waals surface area contributed by atoms with Crippen LogP contribution in [-0.2, 0) is 6.54 Å². The van der Waals surface area contributed by atoms with Crippen molar-refractivity contribution in [1.29, 1.82) is 0 Å². The molecule has 1 rings (SSSR count). The average Bonchev–Trinajstić information content (AvgIpc) is 2.37. The second-order valence-electron chi connectivity index (χ2n) is 4.20. The van der Waals surface area contributed by atoms with Crippen molar-refractivity contribution in [3.8, 4) is 11.5 Å². The Labute approximate surface area is 114 Å². The Morgan fingerprint density at radius 2 is 1.94 bits per heavy atom. The van der Waals surface area contributed by atoms with Gasteiger partial charge in [0.1, 0.15) is 0 Å². The highest BCUT2D eigenvalue weighted by Crippen LogP contribution is 2.35. The van der Waals surface area contributed by atoms with Crippen LogP contribution < -0.4 is 14.8 Å². The first-order valence-corrected chi connectivity index (χ1v) is 6.71. The van der Waals surface area contributed by atoms with Crippen molar-refractivity contribution >= 4 is 11.6 Å². The molecule has 0 heterocycles. The molecule has 18 heavy (non-hydrogen) atoms. The van der Waals surface area contributed by atoms with Gasteiger partial charge >= 0.3 is 0 Å². The number of hydrogen-bond acceptors (Lipinski definition) is 3. The topological polar surface area (TPSA) is 30.5 Å². The number of halogens is 1. The molecule has 0 amide bonds. The molecule has 0 bridgehead atoms. The lowest BCUT2D eigenvalue weighted by Gasteiger charge is -2.12. The quantitative estimate of drug-likeness (QED) is 0.733. The van der Waals surface area contributed by atoms with E-state index in [2.05, 4.69) is 12.2 Å². The molecular weight excluding hydrogens is 250 g/mol. The molecule has 102 valence electrons. The number of unbranched alkanes of at least 4 members (excludes halogenated alkanes) is 2. The molecule has 0 radical (unpaired) electrons. The van der Waals surface area contributed by atoms with Crippen molar-refractivity contribution in [1.82, 2.24) is 5.32 Å². The molecular formula is C14H22ClNO2. The Kier molecular flexibility index (Phi) is 6.91. The summed E-state index contributed by atoms with van der Waals surface area (Å²) in [5.74, 6) is 1.27. The van der Waals surface area contributed by atoms with E-state index in [1.807, 2.05) is 12.1 Å². The van der Waals surface area contributed by atoms with Crippen molar-refractivity contribution in [2.24, 2.45) is 0 Å². The summed E-state index contributed by atoms with van der Waals surface area (Å²) in [5, 5.41) is 3.98.